The first-order valence-corrected chi connectivity index (χ1v) is 7.44. The van der Waals surface area contributed by atoms with Crippen molar-refractivity contribution in [1.29, 1.82) is 0 Å². The van der Waals surface area contributed by atoms with Crippen LogP contribution in [-0.2, 0) is 0 Å². The van der Waals surface area contributed by atoms with Gasteiger partial charge in [-0.3, -0.25) is 0 Å². The summed E-state index contributed by atoms with van der Waals surface area (Å²) in [5.74, 6) is -0.952. The predicted molar refractivity (Wildman–Crippen MR) is 82.4 cm³/mol. The number of hydrogen-bond acceptors (Lipinski definition) is 3. The number of nitrogens with zero attached hydrogens (tertiary/aromatic N) is 1. The van der Waals surface area contributed by atoms with Crippen LogP contribution < -0.4 is 10.6 Å². The summed E-state index contributed by atoms with van der Waals surface area (Å²) >= 11 is 0. The van der Waals surface area contributed by atoms with E-state index in [0.29, 0.717) is 11.7 Å². The first kappa shape index (κ1) is 14.7. The fraction of sp³-hybridized carbons (Fsp3) is 0.562. The molecule has 0 amide bonds. The number of nitrogen functional groups attached to an aromatic ring is 1. The molecule has 0 aromatic heterocycles. The number of rotatable bonds is 4. The number of carbonyl (C=O) groups is 1. The number of anilines is 2. The summed E-state index contributed by atoms with van der Waals surface area (Å²) in [7, 11) is 0. The van der Waals surface area contributed by atoms with E-state index >= 15 is 0 Å². The van der Waals surface area contributed by atoms with Gasteiger partial charge in [0.2, 0.25) is 0 Å². The smallest absolute Gasteiger partial charge is 0.337 e. The molecule has 0 saturated heterocycles. The highest BCUT2D eigenvalue weighted by Crippen LogP contribution is 2.31. The highest BCUT2D eigenvalue weighted by atomic mass is 16.4. The highest BCUT2D eigenvalue weighted by Gasteiger charge is 2.22. The van der Waals surface area contributed by atoms with Gasteiger partial charge in [-0.1, -0.05) is 19.3 Å². The summed E-state index contributed by atoms with van der Waals surface area (Å²) in [6.45, 7) is 4.90. The molecule has 4 nitrogen and oxygen atoms in total. The van der Waals surface area contributed by atoms with Crippen LogP contribution in [0.15, 0.2) is 12.1 Å². The number of carboxylic acids is 1. The molecule has 0 atom stereocenters. The van der Waals surface area contributed by atoms with E-state index < -0.39 is 5.97 Å². The van der Waals surface area contributed by atoms with Crippen LogP contribution in [0.1, 0.15) is 54.9 Å². The molecule has 0 aliphatic heterocycles. The highest BCUT2D eigenvalue weighted by molar-refractivity contribution is 5.95. The van der Waals surface area contributed by atoms with Gasteiger partial charge in [0, 0.05) is 24.0 Å². The van der Waals surface area contributed by atoms with Crippen LogP contribution in [0, 0.1) is 6.92 Å². The van der Waals surface area contributed by atoms with E-state index in [9.17, 15) is 9.90 Å². The van der Waals surface area contributed by atoms with E-state index in [2.05, 4.69) is 11.8 Å². The fourth-order valence-corrected chi connectivity index (χ4v) is 3.17. The minimum Gasteiger partial charge on any atom is -0.478 e. The maximum absolute atomic E-state index is 11.3. The molecule has 0 spiro atoms. The first-order chi connectivity index (χ1) is 9.54. The topological polar surface area (TPSA) is 66.6 Å². The normalized spacial score (nSPS) is 16.1. The van der Waals surface area contributed by atoms with Crippen molar-refractivity contribution < 1.29 is 9.90 Å². The van der Waals surface area contributed by atoms with Gasteiger partial charge in [-0.15, -0.1) is 0 Å². The van der Waals surface area contributed by atoms with Crippen LogP contribution in [0.5, 0.6) is 0 Å². The largest absolute Gasteiger partial charge is 0.478 e. The molecular weight excluding hydrogens is 252 g/mol. The average molecular weight is 276 g/mol. The number of hydrogen-bond donors (Lipinski definition) is 2. The summed E-state index contributed by atoms with van der Waals surface area (Å²) in [5.41, 5.74) is 8.30. The SMILES string of the molecule is CCN(c1cc(C)c(N)c(C(=O)O)c1)C1CCCCC1. The summed E-state index contributed by atoms with van der Waals surface area (Å²) in [4.78, 5) is 13.6. The Morgan fingerprint density at radius 1 is 1.35 bits per heavy atom. The van der Waals surface area contributed by atoms with Gasteiger partial charge in [-0.2, -0.15) is 0 Å². The van der Waals surface area contributed by atoms with Gasteiger partial charge in [-0.05, 0) is 44.4 Å². The zero-order chi connectivity index (χ0) is 14.7. The fourth-order valence-electron chi connectivity index (χ4n) is 3.17. The third kappa shape index (κ3) is 2.89. The van der Waals surface area contributed by atoms with Crippen molar-refractivity contribution in [3.8, 4) is 0 Å². The summed E-state index contributed by atoms with van der Waals surface area (Å²) < 4.78 is 0. The number of aromatic carboxylic acids is 1. The zero-order valence-electron chi connectivity index (χ0n) is 12.4. The number of aryl methyl sites for hydroxylation is 1. The lowest BCUT2D eigenvalue weighted by Gasteiger charge is -2.36. The molecule has 3 N–H and O–H groups in total. The van der Waals surface area contributed by atoms with Crippen LogP contribution in [0.4, 0.5) is 11.4 Å². The van der Waals surface area contributed by atoms with Crippen molar-refractivity contribution in [2.24, 2.45) is 0 Å². The van der Waals surface area contributed by atoms with Crippen LogP contribution in [0.25, 0.3) is 0 Å². The van der Waals surface area contributed by atoms with Crippen molar-refractivity contribution in [3.05, 3.63) is 23.3 Å². The van der Waals surface area contributed by atoms with E-state index in [4.69, 9.17) is 5.73 Å². The third-order valence-electron chi connectivity index (χ3n) is 4.29. The van der Waals surface area contributed by atoms with Gasteiger partial charge in [-0.25, -0.2) is 4.79 Å². The van der Waals surface area contributed by atoms with E-state index in [1.54, 1.807) is 6.07 Å². The minimum absolute atomic E-state index is 0.217. The Kier molecular flexibility index (Phi) is 4.53. The second kappa shape index (κ2) is 6.16. The molecule has 0 radical (unpaired) electrons. The number of nitrogens with two attached hydrogens (primary N) is 1. The van der Waals surface area contributed by atoms with Gasteiger partial charge in [0.1, 0.15) is 0 Å². The van der Waals surface area contributed by atoms with Gasteiger partial charge in [0.15, 0.2) is 0 Å². The van der Waals surface area contributed by atoms with Crippen LogP contribution in [-0.4, -0.2) is 23.7 Å². The van der Waals surface area contributed by atoms with Crippen LogP contribution >= 0.6 is 0 Å². The Hall–Kier alpha value is -1.71. The molecule has 0 unspecified atom stereocenters. The molecule has 1 aromatic carbocycles. The van der Waals surface area contributed by atoms with Crippen molar-refractivity contribution in [1.82, 2.24) is 0 Å². The van der Waals surface area contributed by atoms with E-state index in [1.807, 2.05) is 13.0 Å². The molecule has 2 rings (SSSR count). The Morgan fingerprint density at radius 3 is 2.55 bits per heavy atom. The van der Waals surface area contributed by atoms with Gasteiger partial charge in [0.25, 0.3) is 0 Å². The average Bonchev–Trinajstić information content (AvgIpc) is 2.44. The molecular formula is C16H24N2O2. The molecule has 4 heteroatoms. The standard InChI is InChI=1S/C16H24N2O2/c1-3-18(12-7-5-4-6-8-12)13-9-11(2)15(17)14(10-13)16(19)20/h9-10,12H,3-8,17H2,1-2H3,(H,19,20). The summed E-state index contributed by atoms with van der Waals surface area (Å²) in [6.07, 6.45) is 6.23. The number of benzene rings is 1. The molecule has 1 aliphatic carbocycles. The number of carboxylic acid groups (broad SMARTS) is 1. The van der Waals surface area contributed by atoms with Crippen molar-refractivity contribution in [2.45, 2.75) is 52.0 Å². The molecule has 0 bridgehead atoms. The Balaban J connectivity index is 2.36. The summed E-state index contributed by atoms with van der Waals surface area (Å²) in [6, 6.07) is 4.27. The Morgan fingerprint density at radius 2 is 2.00 bits per heavy atom. The van der Waals surface area contributed by atoms with Crippen molar-refractivity contribution in [3.63, 3.8) is 0 Å². The lowest BCUT2D eigenvalue weighted by Crippen LogP contribution is -2.36. The molecule has 110 valence electrons. The van der Waals surface area contributed by atoms with E-state index in [-0.39, 0.29) is 5.56 Å². The van der Waals surface area contributed by atoms with Crippen LogP contribution in [0.3, 0.4) is 0 Å². The van der Waals surface area contributed by atoms with E-state index in [0.717, 1.165) is 17.8 Å². The lowest BCUT2D eigenvalue weighted by atomic mass is 9.93. The van der Waals surface area contributed by atoms with Crippen molar-refractivity contribution in [2.75, 3.05) is 17.2 Å². The van der Waals surface area contributed by atoms with Crippen LogP contribution in [0.2, 0.25) is 0 Å². The quantitative estimate of drug-likeness (QED) is 0.827. The molecule has 0 heterocycles. The minimum atomic E-state index is -0.952. The monoisotopic (exact) mass is 276 g/mol. The van der Waals surface area contributed by atoms with E-state index in [1.165, 1.54) is 32.1 Å². The second-order valence-corrected chi connectivity index (χ2v) is 5.61. The molecule has 20 heavy (non-hydrogen) atoms. The maximum atomic E-state index is 11.3. The molecule has 1 saturated carbocycles. The molecule has 1 fully saturated rings. The zero-order valence-corrected chi connectivity index (χ0v) is 12.4. The molecule has 1 aliphatic rings. The molecule has 1 aromatic rings. The lowest BCUT2D eigenvalue weighted by molar-refractivity contribution is 0.0698. The first-order valence-electron chi connectivity index (χ1n) is 7.44. The third-order valence-corrected chi connectivity index (χ3v) is 4.29. The Labute approximate surface area is 120 Å². The predicted octanol–water partition coefficient (Wildman–Crippen LogP) is 3.43. The van der Waals surface area contributed by atoms with Gasteiger partial charge < -0.3 is 15.7 Å². The van der Waals surface area contributed by atoms with Crippen molar-refractivity contribution >= 4 is 17.3 Å². The second-order valence-electron chi connectivity index (χ2n) is 5.61. The Bertz CT molecular complexity index is 493. The summed E-state index contributed by atoms with van der Waals surface area (Å²) in [5, 5.41) is 9.28. The van der Waals surface area contributed by atoms with Gasteiger partial charge >= 0.3 is 5.97 Å². The maximum Gasteiger partial charge on any atom is 0.337 e. The van der Waals surface area contributed by atoms with Gasteiger partial charge in [0.05, 0.1) is 5.56 Å².